The Bertz CT molecular complexity index is 1160. The average Bonchev–Trinajstić information content (AvgIpc) is 3.42. The van der Waals surface area contributed by atoms with E-state index in [0.717, 1.165) is 48.1 Å². The molecule has 2 N–H and O–H groups in total. The smallest absolute Gasteiger partial charge is 0.273 e. The number of aromatic nitrogens is 6. The molecule has 0 aliphatic heterocycles. The molecule has 1 amide bonds. The van der Waals surface area contributed by atoms with Crippen molar-refractivity contribution in [3.05, 3.63) is 71.3 Å². The molecule has 3 aromatic heterocycles. The van der Waals surface area contributed by atoms with Crippen molar-refractivity contribution in [2.45, 2.75) is 46.1 Å². The number of hydrogen-bond donors (Lipinski definition) is 2. The van der Waals surface area contributed by atoms with E-state index >= 15 is 0 Å². The summed E-state index contributed by atoms with van der Waals surface area (Å²) in [6.07, 6.45) is 5.27. The number of rotatable bonds is 10. The Morgan fingerprint density at radius 2 is 1.94 bits per heavy atom. The van der Waals surface area contributed by atoms with Gasteiger partial charge in [0.15, 0.2) is 11.3 Å². The number of unbranched alkanes of at least 4 members (excludes halogenated alkanes) is 1. The summed E-state index contributed by atoms with van der Waals surface area (Å²) in [5, 5.41) is 20.7. The van der Waals surface area contributed by atoms with Crippen LogP contribution >= 0.6 is 0 Å². The van der Waals surface area contributed by atoms with Gasteiger partial charge in [-0.05, 0) is 42.9 Å². The van der Waals surface area contributed by atoms with Gasteiger partial charge in [-0.25, -0.2) is 0 Å². The molecule has 0 saturated heterocycles. The molecule has 0 bridgehead atoms. The van der Waals surface area contributed by atoms with E-state index in [9.17, 15) is 4.79 Å². The highest BCUT2D eigenvalue weighted by Gasteiger charge is 2.11. The molecule has 8 nitrogen and oxygen atoms in total. The number of hydrogen-bond acceptors (Lipinski definition) is 5. The Hall–Kier alpha value is -3.55. The van der Waals surface area contributed by atoms with Crippen LogP contribution in [0.4, 0.5) is 0 Å². The number of H-pyrrole nitrogens is 1. The van der Waals surface area contributed by atoms with E-state index in [1.165, 1.54) is 5.56 Å². The minimum atomic E-state index is -0.174. The van der Waals surface area contributed by atoms with Crippen LogP contribution in [0, 0.1) is 5.92 Å². The van der Waals surface area contributed by atoms with Crippen LogP contribution in [0.2, 0.25) is 0 Å². The van der Waals surface area contributed by atoms with Gasteiger partial charge in [-0.1, -0.05) is 49.4 Å². The number of aryl methyl sites for hydroxylation is 2. The molecule has 0 spiro atoms. The van der Waals surface area contributed by atoms with Gasteiger partial charge in [-0.15, -0.1) is 10.2 Å². The van der Waals surface area contributed by atoms with Crippen molar-refractivity contribution >= 4 is 16.9 Å². The topological polar surface area (TPSA) is 101 Å². The zero-order chi connectivity index (χ0) is 22.3. The van der Waals surface area contributed by atoms with Gasteiger partial charge in [0.2, 0.25) is 0 Å². The second-order valence-corrected chi connectivity index (χ2v) is 8.52. The van der Waals surface area contributed by atoms with Crippen LogP contribution in [0.25, 0.3) is 11.0 Å². The van der Waals surface area contributed by atoms with Gasteiger partial charge in [0, 0.05) is 30.6 Å². The minimum absolute atomic E-state index is 0.174. The van der Waals surface area contributed by atoms with E-state index in [4.69, 9.17) is 0 Å². The number of carbonyl (C=O) groups excluding carboxylic acids is 1. The number of benzene rings is 1. The summed E-state index contributed by atoms with van der Waals surface area (Å²) in [5.74, 6) is 0.227. The summed E-state index contributed by atoms with van der Waals surface area (Å²) in [5.41, 5.74) is 4.57. The monoisotopic (exact) mass is 431 g/mol. The van der Waals surface area contributed by atoms with Crippen LogP contribution in [-0.4, -0.2) is 42.6 Å². The first-order valence-corrected chi connectivity index (χ1v) is 11.1. The van der Waals surface area contributed by atoms with Crippen molar-refractivity contribution in [2.75, 3.05) is 6.54 Å². The number of nitrogens with zero attached hydrogens (tertiary/aromatic N) is 5. The normalized spacial score (nSPS) is 11.3. The summed E-state index contributed by atoms with van der Waals surface area (Å²) in [6, 6.07) is 14.6. The largest absolute Gasteiger partial charge is 0.350 e. The van der Waals surface area contributed by atoms with E-state index in [0.29, 0.717) is 24.7 Å². The number of aromatic amines is 1. The first-order valence-electron chi connectivity index (χ1n) is 11.1. The molecule has 0 fully saturated rings. The SMILES string of the molecule is CC(C)CNC(=O)c1cn(CCCCc2cc3cc(Cc4ccccc4)[nH]c3nn2)nn1. The molecule has 0 unspecified atom stereocenters. The molecule has 0 aliphatic carbocycles. The fourth-order valence-electron chi connectivity index (χ4n) is 3.54. The molecule has 32 heavy (non-hydrogen) atoms. The lowest BCUT2D eigenvalue weighted by molar-refractivity contribution is 0.0944. The molecule has 4 rings (SSSR count). The second-order valence-electron chi connectivity index (χ2n) is 8.52. The lowest BCUT2D eigenvalue weighted by Gasteiger charge is -2.04. The van der Waals surface area contributed by atoms with Crippen molar-refractivity contribution in [2.24, 2.45) is 5.92 Å². The standard InChI is InChI=1S/C24H29N7O/c1-17(2)15-25-24(32)22-16-31(30-28-22)11-7-6-10-20-13-19-14-21(26-23(19)29-27-20)12-18-8-4-3-5-9-18/h3-5,8-9,13-14,16-17H,6-7,10-12,15H2,1-2H3,(H,25,32)(H,26,29). The first kappa shape index (κ1) is 21.7. The molecular formula is C24H29N7O. The van der Waals surface area contributed by atoms with E-state index < -0.39 is 0 Å². The van der Waals surface area contributed by atoms with Crippen LogP contribution in [0.1, 0.15) is 54.1 Å². The van der Waals surface area contributed by atoms with Crippen molar-refractivity contribution in [3.63, 3.8) is 0 Å². The van der Waals surface area contributed by atoms with Gasteiger partial charge in [0.05, 0.1) is 11.9 Å². The van der Waals surface area contributed by atoms with Crippen molar-refractivity contribution in [3.8, 4) is 0 Å². The lowest BCUT2D eigenvalue weighted by Crippen LogP contribution is -2.27. The summed E-state index contributed by atoms with van der Waals surface area (Å²) in [7, 11) is 0. The lowest BCUT2D eigenvalue weighted by atomic mass is 10.1. The molecule has 3 heterocycles. The molecule has 0 atom stereocenters. The summed E-state index contributed by atoms with van der Waals surface area (Å²) in [6.45, 7) is 5.45. The third kappa shape index (κ3) is 5.78. The zero-order valence-electron chi connectivity index (χ0n) is 18.6. The van der Waals surface area contributed by atoms with Crippen LogP contribution in [-0.2, 0) is 19.4 Å². The van der Waals surface area contributed by atoms with Crippen LogP contribution in [0.15, 0.2) is 48.7 Å². The second kappa shape index (κ2) is 10.2. The van der Waals surface area contributed by atoms with Crippen LogP contribution in [0.5, 0.6) is 0 Å². The van der Waals surface area contributed by atoms with Crippen LogP contribution < -0.4 is 5.32 Å². The number of carbonyl (C=O) groups is 1. The average molecular weight is 432 g/mol. The third-order valence-electron chi connectivity index (χ3n) is 5.23. The highest BCUT2D eigenvalue weighted by molar-refractivity contribution is 5.91. The third-order valence-corrected chi connectivity index (χ3v) is 5.23. The van der Waals surface area contributed by atoms with Gasteiger partial charge in [-0.2, -0.15) is 5.10 Å². The van der Waals surface area contributed by atoms with Crippen LogP contribution in [0.3, 0.4) is 0 Å². The van der Waals surface area contributed by atoms with Gasteiger partial charge in [0.1, 0.15) is 0 Å². The Labute approximate surface area is 187 Å². The van der Waals surface area contributed by atoms with E-state index in [1.807, 2.05) is 6.07 Å². The van der Waals surface area contributed by atoms with Crippen molar-refractivity contribution in [1.82, 2.24) is 35.5 Å². The minimum Gasteiger partial charge on any atom is -0.350 e. The van der Waals surface area contributed by atoms with Crippen molar-refractivity contribution in [1.29, 1.82) is 0 Å². The molecule has 1 aromatic carbocycles. The van der Waals surface area contributed by atoms with Gasteiger partial charge >= 0.3 is 0 Å². The maximum Gasteiger partial charge on any atom is 0.273 e. The number of amides is 1. The Balaban J connectivity index is 1.26. The van der Waals surface area contributed by atoms with Gasteiger partial charge < -0.3 is 10.3 Å². The summed E-state index contributed by atoms with van der Waals surface area (Å²) < 4.78 is 1.72. The van der Waals surface area contributed by atoms with Gasteiger partial charge in [-0.3, -0.25) is 9.48 Å². The molecule has 0 radical (unpaired) electrons. The number of nitrogens with one attached hydrogen (secondary N) is 2. The Morgan fingerprint density at radius 1 is 1.09 bits per heavy atom. The fraction of sp³-hybridized carbons (Fsp3) is 0.375. The summed E-state index contributed by atoms with van der Waals surface area (Å²) in [4.78, 5) is 15.4. The first-order chi connectivity index (χ1) is 15.6. The predicted octanol–water partition coefficient (Wildman–Crippen LogP) is 3.55. The molecule has 166 valence electrons. The molecule has 0 aliphatic rings. The van der Waals surface area contributed by atoms with E-state index in [1.54, 1.807) is 10.9 Å². The molecule has 8 heteroatoms. The number of fused-ring (bicyclic) bond motifs is 1. The van der Waals surface area contributed by atoms with Crippen molar-refractivity contribution < 1.29 is 4.79 Å². The quantitative estimate of drug-likeness (QED) is 0.374. The van der Waals surface area contributed by atoms with Gasteiger partial charge in [0.25, 0.3) is 5.91 Å². The summed E-state index contributed by atoms with van der Waals surface area (Å²) >= 11 is 0. The molecular weight excluding hydrogens is 402 g/mol. The maximum atomic E-state index is 12.0. The van der Waals surface area contributed by atoms with E-state index in [-0.39, 0.29) is 5.91 Å². The van der Waals surface area contributed by atoms with E-state index in [2.05, 4.69) is 81.1 Å². The maximum absolute atomic E-state index is 12.0. The molecule has 0 saturated carbocycles. The molecule has 4 aromatic rings. The Morgan fingerprint density at radius 3 is 2.75 bits per heavy atom. The predicted molar refractivity (Wildman–Crippen MR) is 123 cm³/mol. The fourth-order valence-corrected chi connectivity index (χ4v) is 3.54. The highest BCUT2D eigenvalue weighted by atomic mass is 16.2. The Kier molecular flexibility index (Phi) is 6.89. The zero-order valence-corrected chi connectivity index (χ0v) is 18.6. The highest BCUT2D eigenvalue weighted by Crippen LogP contribution is 2.17.